The summed E-state index contributed by atoms with van der Waals surface area (Å²) >= 11 is 7.04. The van der Waals surface area contributed by atoms with Gasteiger partial charge in [-0.1, -0.05) is 23.4 Å². The lowest BCUT2D eigenvalue weighted by atomic mass is 10.2. The van der Waals surface area contributed by atoms with Gasteiger partial charge < -0.3 is 15.1 Å². The maximum absolute atomic E-state index is 12.4. The summed E-state index contributed by atoms with van der Waals surface area (Å²) in [6.45, 7) is 3.18. The van der Waals surface area contributed by atoms with Crippen molar-refractivity contribution in [3.8, 4) is 11.5 Å². The lowest BCUT2D eigenvalue weighted by Gasteiger charge is -2.10. The van der Waals surface area contributed by atoms with Gasteiger partial charge in [-0.15, -0.1) is 10.2 Å². The Labute approximate surface area is 170 Å². The highest BCUT2D eigenvalue weighted by atomic mass is 35.5. The predicted octanol–water partition coefficient (Wildman–Crippen LogP) is 4.47. The molecule has 0 fully saturated rings. The largest absolute Gasteiger partial charge is 0.411 e. The van der Waals surface area contributed by atoms with Crippen LogP contribution in [0.2, 0.25) is 5.02 Å². The van der Waals surface area contributed by atoms with Crippen LogP contribution < -0.4 is 10.6 Å². The van der Waals surface area contributed by atoms with E-state index in [1.165, 1.54) is 18.7 Å². The zero-order valence-electron chi connectivity index (χ0n) is 15.1. The van der Waals surface area contributed by atoms with E-state index in [2.05, 4.69) is 20.8 Å². The van der Waals surface area contributed by atoms with Gasteiger partial charge in [-0.25, -0.2) is 0 Å². The van der Waals surface area contributed by atoms with Crippen molar-refractivity contribution < 1.29 is 14.0 Å². The fourth-order valence-electron chi connectivity index (χ4n) is 2.26. The SMILES string of the molecule is CC(=O)Nc1ccc(NC(=O)[C@H](C)Sc2nnc(-c3ccc(Cl)cc3)o2)cc1. The van der Waals surface area contributed by atoms with E-state index in [1.54, 1.807) is 55.5 Å². The van der Waals surface area contributed by atoms with Crippen LogP contribution in [0.1, 0.15) is 13.8 Å². The van der Waals surface area contributed by atoms with Gasteiger partial charge in [-0.2, -0.15) is 0 Å². The second-order valence-corrected chi connectivity index (χ2v) is 7.62. The number of thioether (sulfide) groups is 1. The van der Waals surface area contributed by atoms with E-state index in [0.717, 1.165) is 5.56 Å². The van der Waals surface area contributed by atoms with E-state index < -0.39 is 5.25 Å². The van der Waals surface area contributed by atoms with Gasteiger partial charge in [0.1, 0.15) is 0 Å². The summed E-state index contributed by atoms with van der Waals surface area (Å²) in [7, 11) is 0. The Morgan fingerprint density at radius 1 is 1.00 bits per heavy atom. The first kappa shape index (κ1) is 19.9. The average molecular weight is 417 g/mol. The lowest BCUT2D eigenvalue weighted by molar-refractivity contribution is -0.115. The molecule has 0 radical (unpaired) electrons. The van der Waals surface area contributed by atoms with Crippen LogP contribution in [0.3, 0.4) is 0 Å². The number of aromatic nitrogens is 2. The van der Waals surface area contributed by atoms with Crippen LogP contribution in [-0.4, -0.2) is 27.3 Å². The number of carbonyl (C=O) groups excluding carboxylic acids is 2. The van der Waals surface area contributed by atoms with Gasteiger partial charge >= 0.3 is 0 Å². The Kier molecular flexibility index (Phi) is 6.33. The van der Waals surface area contributed by atoms with E-state index >= 15 is 0 Å². The third-order valence-corrected chi connectivity index (χ3v) is 4.80. The molecule has 0 saturated carbocycles. The second kappa shape index (κ2) is 8.90. The fraction of sp³-hybridized carbons (Fsp3) is 0.158. The number of nitrogens with one attached hydrogen (secondary N) is 2. The molecular weight excluding hydrogens is 400 g/mol. The third kappa shape index (κ3) is 5.34. The molecule has 0 unspecified atom stereocenters. The molecular formula is C19H17ClN4O3S. The Hall–Kier alpha value is -2.84. The summed E-state index contributed by atoms with van der Waals surface area (Å²) in [6.07, 6.45) is 0. The highest BCUT2D eigenvalue weighted by Crippen LogP contribution is 2.27. The topological polar surface area (TPSA) is 97.1 Å². The number of hydrogen-bond donors (Lipinski definition) is 2. The van der Waals surface area contributed by atoms with Gasteiger partial charge in [0.15, 0.2) is 0 Å². The molecule has 1 aromatic heterocycles. The molecule has 2 aromatic carbocycles. The van der Waals surface area contributed by atoms with Gasteiger partial charge in [0, 0.05) is 28.9 Å². The minimum absolute atomic E-state index is 0.153. The molecule has 7 nitrogen and oxygen atoms in total. The molecule has 0 spiro atoms. The van der Waals surface area contributed by atoms with Crippen molar-refractivity contribution in [1.82, 2.24) is 10.2 Å². The highest BCUT2D eigenvalue weighted by Gasteiger charge is 2.19. The minimum atomic E-state index is -0.450. The van der Waals surface area contributed by atoms with Crippen molar-refractivity contribution in [2.45, 2.75) is 24.3 Å². The maximum Gasteiger partial charge on any atom is 0.277 e. The molecule has 0 bridgehead atoms. The van der Waals surface area contributed by atoms with Crippen molar-refractivity contribution >= 4 is 46.6 Å². The zero-order chi connectivity index (χ0) is 20.1. The van der Waals surface area contributed by atoms with Crippen LogP contribution >= 0.6 is 23.4 Å². The van der Waals surface area contributed by atoms with Crippen molar-refractivity contribution in [1.29, 1.82) is 0 Å². The van der Waals surface area contributed by atoms with Crippen molar-refractivity contribution in [2.24, 2.45) is 0 Å². The number of nitrogens with zero attached hydrogens (tertiary/aromatic N) is 2. The molecule has 2 N–H and O–H groups in total. The molecule has 28 heavy (non-hydrogen) atoms. The summed E-state index contributed by atoms with van der Waals surface area (Å²) in [5, 5.41) is 13.9. The Morgan fingerprint density at radius 2 is 1.61 bits per heavy atom. The number of amides is 2. The molecule has 0 aliphatic carbocycles. The number of benzene rings is 2. The molecule has 3 rings (SSSR count). The molecule has 0 saturated heterocycles. The molecule has 1 heterocycles. The van der Waals surface area contributed by atoms with Crippen molar-refractivity contribution in [2.75, 3.05) is 10.6 Å². The van der Waals surface area contributed by atoms with Gasteiger partial charge in [0.2, 0.25) is 17.7 Å². The Balaban J connectivity index is 1.58. The van der Waals surface area contributed by atoms with Crippen LogP contribution in [0, 0.1) is 0 Å². The molecule has 144 valence electrons. The van der Waals surface area contributed by atoms with E-state index in [0.29, 0.717) is 27.5 Å². The Morgan fingerprint density at radius 3 is 2.21 bits per heavy atom. The number of rotatable bonds is 6. The minimum Gasteiger partial charge on any atom is -0.411 e. The van der Waals surface area contributed by atoms with E-state index in [1.807, 2.05) is 0 Å². The monoisotopic (exact) mass is 416 g/mol. The van der Waals surface area contributed by atoms with Gasteiger partial charge in [-0.05, 0) is 55.5 Å². The summed E-state index contributed by atoms with van der Waals surface area (Å²) in [4.78, 5) is 23.4. The number of halogens is 1. The molecule has 1 atom stereocenters. The van der Waals surface area contributed by atoms with Gasteiger partial charge in [-0.3, -0.25) is 9.59 Å². The molecule has 0 aliphatic heterocycles. The molecule has 3 aromatic rings. The van der Waals surface area contributed by atoms with E-state index in [9.17, 15) is 9.59 Å². The van der Waals surface area contributed by atoms with Gasteiger partial charge in [0.05, 0.1) is 5.25 Å². The molecule has 0 aliphatic rings. The standard InChI is InChI=1S/C19H17ClN4O3S/c1-11(17(26)22-16-9-7-15(8-10-16)21-12(2)25)28-19-24-23-18(27-19)13-3-5-14(20)6-4-13/h3-11H,1-2H3,(H,21,25)(H,22,26)/t11-/m0/s1. The van der Waals surface area contributed by atoms with Crippen LogP contribution in [0.25, 0.3) is 11.5 Å². The molecule has 9 heteroatoms. The van der Waals surface area contributed by atoms with Crippen LogP contribution in [0.5, 0.6) is 0 Å². The van der Waals surface area contributed by atoms with Crippen LogP contribution in [-0.2, 0) is 9.59 Å². The fourth-order valence-corrected chi connectivity index (χ4v) is 3.06. The molecule has 2 amide bonds. The number of anilines is 2. The van der Waals surface area contributed by atoms with Crippen molar-refractivity contribution in [3.05, 3.63) is 53.6 Å². The highest BCUT2D eigenvalue weighted by molar-refractivity contribution is 8.00. The number of hydrogen-bond acceptors (Lipinski definition) is 6. The normalized spacial score (nSPS) is 11.7. The summed E-state index contributed by atoms with van der Waals surface area (Å²) < 4.78 is 5.61. The predicted molar refractivity (Wildman–Crippen MR) is 109 cm³/mol. The smallest absolute Gasteiger partial charge is 0.277 e. The summed E-state index contributed by atoms with van der Waals surface area (Å²) in [5.41, 5.74) is 2.03. The quantitative estimate of drug-likeness (QED) is 0.575. The first-order valence-electron chi connectivity index (χ1n) is 8.35. The van der Waals surface area contributed by atoms with Crippen LogP contribution in [0.15, 0.2) is 58.2 Å². The zero-order valence-corrected chi connectivity index (χ0v) is 16.7. The first-order chi connectivity index (χ1) is 13.4. The summed E-state index contributed by atoms with van der Waals surface area (Å²) in [6, 6.07) is 13.9. The maximum atomic E-state index is 12.4. The van der Waals surface area contributed by atoms with Crippen LogP contribution in [0.4, 0.5) is 11.4 Å². The summed E-state index contributed by atoms with van der Waals surface area (Å²) in [5.74, 6) is 0.00295. The number of carbonyl (C=O) groups is 2. The van der Waals surface area contributed by atoms with E-state index in [4.69, 9.17) is 16.0 Å². The Bertz CT molecular complexity index is 974. The first-order valence-corrected chi connectivity index (χ1v) is 9.61. The lowest BCUT2D eigenvalue weighted by Crippen LogP contribution is -2.22. The van der Waals surface area contributed by atoms with E-state index in [-0.39, 0.29) is 11.8 Å². The second-order valence-electron chi connectivity index (χ2n) is 5.89. The van der Waals surface area contributed by atoms with Crippen molar-refractivity contribution in [3.63, 3.8) is 0 Å². The third-order valence-electron chi connectivity index (χ3n) is 3.62. The average Bonchev–Trinajstić information content (AvgIpc) is 3.12. The van der Waals surface area contributed by atoms with Gasteiger partial charge in [0.25, 0.3) is 5.22 Å².